The van der Waals surface area contributed by atoms with Gasteiger partial charge in [-0.05, 0) is 31.5 Å². The average Bonchev–Trinajstić information content (AvgIpc) is 2.88. The molecule has 0 aliphatic carbocycles. The highest BCUT2D eigenvalue weighted by molar-refractivity contribution is 5.98. The zero-order chi connectivity index (χ0) is 13.8. The Morgan fingerprint density at radius 2 is 1.89 bits per heavy atom. The van der Waals surface area contributed by atoms with Crippen molar-refractivity contribution in [1.82, 2.24) is 5.32 Å². The third kappa shape index (κ3) is 3.03. The second kappa shape index (κ2) is 5.71. The van der Waals surface area contributed by atoms with Crippen LogP contribution in [-0.4, -0.2) is 41.3 Å². The van der Waals surface area contributed by atoms with E-state index in [1.165, 1.54) is 18.2 Å². The number of ether oxygens (including phenoxy) is 1. The molecule has 0 aromatic heterocycles. The molecule has 1 saturated heterocycles. The van der Waals surface area contributed by atoms with Crippen molar-refractivity contribution in [2.45, 2.75) is 18.9 Å². The van der Waals surface area contributed by atoms with Crippen LogP contribution in [0.25, 0.3) is 0 Å². The summed E-state index contributed by atoms with van der Waals surface area (Å²) in [5, 5.41) is 21.4. The summed E-state index contributed by atoms with van der Waals surface area (Å²) in [6.07, 6.45) is 1.98. The maximum absolute atomic E-state index is 11.1. The first-order valence-electron chi connectivity index (χ1n) is 6.05. The van der Waals surface area contributed by atoms with E-state index in [0.717, 1.165) is 19.4 Å². The first-order chi connectivity index (χ1) is 9.09. The van der Waals surface area contributed by atoms with Crippen LogP contribution in [0.5, 0.6) is 5.75 Å². The van der Waals surface area contributed by atoms with Gasteiger partial charge in [0.05, 0.1) is 0 Å². The van der Waals surface area contributed by atoms with E-state index >= 15 is 0 Å². The molecule has 6 heteroatoms. The molecule has 1 atom stereocenters. The van der Waals surface area contributed by atoms with Crippen molar-refractivity contribution in [2.24, 2.45) is 0 Å². The highest BCUT2D eigenvalue weighted by Gasteiger charge is 2.22. The fourth-order valence-electron chi connectivity index (χ4n) is 2.11. The van der Waals surface area contributed by atoms with E-state index in [9.17, 15) is 9.59 Å². The number of aromatic carboxylic acids is 2. The normalized spacial score (nSPS) is 18.2. The van der Waals surface area contributed by atoms with Gasteiger partial charge in [0, 0.05) is 6.04 Å². The Morgan fingerprint density at radius 3 is 2.37 bits per heavy atom. The summed E-state index contributed by atoms with van der Waals surface area (Å²) in [7, 11) is 0. The molecular formula is C13H15NO5. The number of benzene rings is 1. The molecule has 102 valence electrons. The monoisotopic (exact) mass is 265 g/mol. The van der Waals surface area contributed by atoms with Gasteiger partial charge >= 0.3 is 11.9 Å². The van der Waals surface area contributed by atoms with E-state index in [1.54, 1.807) is 0 Å². The average molecular weight is 265 g/mol. The lowest BCUT2D eigenvalue weighted by atomic mass is 10.1. The van der Waals surface area contributed by atoms with Gasteiger partial charge in [0.25, 0.3) is 0 Å². The van der Waals surface area contributed by atoms with Crippen molar-refractivity contribution in [3.05, 3.63) is 29.3 Å². The van der Waals surface area contributed by atoms with Crippen molar-refractivity contribution in [3.63, 3.8) is 0 Å². The van der Waals surface area contributed by atoms with Crippen molar-refractivity contribution >= 4 is 11.9 Å². The van der Waals surface area contributed by atoms with E-state index in [1.807, 2.05) is 0 Å². The molecule has 1 aromatic rings. The molecule has 2 rings (SSSR count). The lowest BCUT2D eigenvalue weighted by Crippen LogP contribution is -2.29. The van der Waals surface area contributed by atoms with E-state index < -0.39 is 11.9 Å². The van der Waals surface area contributed by atoms with Gasteiger partial charge in [0.2, 0.25) is 0 Å². The Kier molecular flexibility index (Phi) is 4.01. The predicted molar refractivity (Wildman–Crippen MR) is 66.9 cm³/mol. The van der Waals surface area contributed by atoms with Gasteiger partial charge in [0.15, 0.2) is 0 Å². The lowest BCUT2D eigenvalue weighted by molar-refractivity contribution is 0.0687. The number of carboxylic acids is 2. The second-order valence-corrected chi connectivity index (χ2v) is 4.40. The maximum atomic E-state index is 11.1. The topological polar surface area (TPSA) is 95.9 Å². The first-order valence-corrected chi connectivity index (χ1v) is 6.05. The zero-order valence-corrected chi connectivity index (χ0v) is 10.3. The summed E-state index contributed by atoms with van der Waals surface area (Å²) >= 11 is 0. The smallest absolute Gasteiger partial charge is 0.339 e. The number of hydrogen-bond acceptors (Lipinski definition) is 4. The van der Waals surface area contributed by atoms with E-state index in [-0.39, 0.29) is 29.5 Å². The molecule has 1 heterocycles. The minimum atomic E-state index is -1.20. The van der Waals surface area contributed by atoms with Crippen LogP contribution in [0.15, 0.2) is 18.2 Å². The molecule has 1 aromatic carbocycles. The molecular weight excluding hydrogens is 250 g/mol. The largest absolute Gasteiger partial charge is 0.490 e. The molecule has 3 N–H and O–H groups in total. The van der Waals surface area contributed by atoms with Crippen LogP contribution in [0.2, 0.25) is 0 Å². The van der Waals surface area contributed by atoms with E-state index in [4.69, 9.17) is 14.9 Å². The zero-order valence-electron chi connectivity index (χ0n) is 10.3. The molecule has 0 amide bonds. The number of rotatable bonds is 5. The fraction of sp³-hybridized carbons (Fsp3) is 0.385. The Labute approximate surface area is 110 Å². The quantitative estimate of drug-likeness (QED) is 0.740. The third-order valence-corrected chi connectivity index (χ3v) is 3.07. The van der Waals surface area contributed by atoms with Gasteiger partial charge in [-0.3, -0.25) is 0 Å². The third-order valence-electron chi connectivity index (χ3n) is 3.07. The molecule has 1 aliphatic rings. The highest BCUT2D eigenvalue weighted by Crippen LogP contribution is 2.25. The number of carbonyl (C=O) groups is 2. The first kappa shape index (κ1) is 13.4. The fourth-order valence-corrected chi connectivity index (χ4v) is 2.11. The Morgan fingerprint density at radius 1 is 1.26 bits per heavy atom. The summed E-state index contributed by atoms with van der Waals surface area (Å²) in [5.41, 5.74) is -0.254. The molecule has 0 bridgehead atoms. The molecule has 19 heavy (non-hydrogen) atoms. The van der Waals surface area contributed by atoms with Crippen molar-refractivity contribution < 1.29 is 24.5 Å². The van der Waals surface area contributed by atoms with Crippen LogP contribution >= 0.6 is 0 Å². The molecule has 0 saturated carbocycles. The second-order valence-electron chi connectivity index (χ2n) is 4.40. The van der Waals surface area contributed by atoms with Crippen LogP contribution in [0, 0.1) is 0 Å². The van der Waals surface area contributed by atoms with Crippen LogP contribution < -0.4 is 10.1 Å². The van der Waals surface area contributed by atoms with Crippen LogP contribution in [-0.2, 0) is 0 Å². The van der Waals surface area contributed by atoms with Crippen LogP contribution in [0.3, 0.4) is 0 Å². The highest BCUT2D eigenvalue weighted by atomic mass is 16.5. The Hall–Kier alpha value is -2.08. The summed E-state index contributed by atoms with van der Waals surface area (Å²) in [5.74, 6) is -2.47. The van der Waals surface area contributed by atoms with Crippen LogP contribution in [0.4, 0.5) is 0 Å². The van der Waals surface area contributed by atoms with Gasteiger partial charge < -0.3 is 20.3 Å². The number of carboxylic acid groups (broad SMARTS) is 2. The van der Waals surface area contributed by atoms with E-state index in [0.29, 0.717) is 0 Å². The minimum Gasteiger partial charge on any atom is -0.490 e. The molecule has 1 fully saturated rings. The lowest BCUT2D eigenvalue weighted by Gasteiger charge is -2.15. The Balaban J connectivity index is 2.23. The predicted octanol–water partition coefficient (Wildman–Crippen LogP) is 1.21. The van der Waals surface area contributed by atoms with Gasteiger partial charge in [-0.15, -0.1) is 0 Å². The summed E-state index contributed by atoms with van der Waals surface area (Å²) in [6.45, 7) is 1.17. The van der Waals surface area contributed by atoms with Gasteiger partial charge in [-0.2, -0.15) is 0 Å². The summed E-state index contributed by atoms with van der Waals surface area (Å²) in [6, 6.07) is 4.22. The number of hydrogen-bond donors (Lipinski definition) is 3. The summed E-state index contributed by atoms with van der Waals surface area (Å²) < 4.78 is 5.45. The minimum absolute atomic E-state index is 0.0730. The SMILES string of the molecule is O=C(O)c1cccc(C(=O)O)c1OCC1CCCN1. The van der Waals surface area contributed by atoms with Crippen molar-refractivity contribution in [1.29, 1.82) is 0 Å². The van der Waals surface area contributed by atoms with Gasteiger partial charge in [-0.1, -0.05) is 6.07 Å². The molecule has 1 aliphatic heterocycles. The molecule has 1 unspecified atom stereocenters. The van der Waals surface area contributed by atoms with Gasteiger partial charge in [0.1, 0.15) is 23.5 Å². The van der Waals surface area contributed by atoms with Gasteiger partial charge in [-0.25, -0.2) is 9.59 Å². The summed E-state index contributed by atoms with van der Waals surface area (Å²) in [4.78, 5) is 22.2. The number of para-hydroxylation sites is 1. The number of nitrogens with one attached hydrogen (secondary N) is 1. The van der Waals surface area contributed by atoms with Crippen molar-refractivity contribution in [3.8, 4) is 5.75 Å². The molecule has 6 nitrogen and oxygen atoms in total. The van der Waals surface area contributed by atoms with Crippen molar-refractivity contribution in [2.75, 3.05) is 13.2 Å². The standard InChI is InChI=1S/C13H15NO5/c15-12(16)9-4-1-5-10(13(17)18)11(9)19-7-8-3-2-6-14-8/h1,4-5,8,14H,2-3,6-7H2,(H,15,16)(H,17,18). The maximum Gasteiger partial charge on any atom is 0.339 e. The molecule has 0 radical (unpaired) electrons. The van der Waals surface area contributed by atoms with E-state index in [2.05, 4.69) is 5.32 Å². The molecule has 0 spiro atoms. The van der Waals surface area contributed by atoms with Crippen LogP contribution in [0.1, 0.15) is 33.6 Å². The Bertz CT molecular complexity index is 462.